The second-order valence-electron chi connectivity index (χ2n) is 3.16. The number of hydrogen-bond donors (Lipinski definition) is 0. The van der Waals surface area contributed by atoms with Crippen molar-refractivity contribution in [2.75, 3.05) is 7.11 Å². The van der Waals surface area contributed by atoms with Crippen molar-refractivity contribution in [3.8, 4) is 0 Å². The van der Waals surface area contributed by atoms with E-state index >= 15 is 0 Å². The number of alkyl halides is 3. The maximum Gasteiger partial charge on any atom is 0.310 e. The normalized spacial score (nSPS) is 10.7. The fourth-order valence-electron chi connectivity index (χ4n) is 1.25. The summed E-state index contributed by atoms with van der Waals surface area (Å²) in [6, 6.07) is 1.20. The number of carbonyl (C=O) groups excluding carboxylic acids is 1. The van der Waals surface area contributed by atoms with Crippen molar-refractivity contribution < 1.29 is 18.3 Å². The second-order valence-corrected chi connectivity index (χ2v) is 4.18. The number of esters is 1. The standard InChI is InChI=1S/C10H9BrClF2NO2/c1-17-8(16)3-6-5(4-12)2-7(10(13)14)15-9(6)11/h2,10H,3-4H2,1H3. The highest BCUT2D eigenvalue weighted by molar-refractivity contribution is 9.10. The zero-order valence-electron chi connectivity index (χ0n) is 8.84. The van der Waals surface area contributed by atoms with Gasteiger partial charge < -0.3 is 4.74 Å². The highest BCUT2D eigenvalue weighted by atomic mass is 79.9. The van der Waals surface area contributed by atoms with E-state index in [1.165, 1.54) is 13.2 Å². The molecule has 7 heteroatoms. The van der Waals surface area contributed by atoms with Crippen LogP contribution in [0.5, 0.6) is 0 Å². The Bertz CT molecular complexity index is 429. The molecule has 1 heterocycles. The third-order valence-electron chi connectivity index (χ3n) is 2.10. The van der Waals surface area contributed by atoms with Crippen LogP contribution in [0.1, 0.15) is 23.2 Å². The van der Waals surface area contributed by atoms with Gasteiger partial charge in [0.15, 0.2) is 0 Å². The fraction of sp³-hybridized carbons (Fsp3) is 0.400. The largest absolute Gasteiger partial charge is 0.469 e. The number of methoxy groups -OCH3 is 1. The van der Waals surface area contributed by atoms with Gasteiger partial charge in [0, 0.05) is 11.4 Å². The van der Waals surface area contributed by atoms with Gasteiger partial charge in [0.05, 0.1) is 13.5 Å². The van der Waals surface area contributed by atoms with Crippen molar-refractivity contribution in [3.63, 3.8) is 0 Å². The molecule has 1 aromatic rings. The third-order valence-corrected chi connectivity index (χ3v) is 3.05. The van der Waals surface area contributed by atoms with Crippen LogP contribution in [0.15, 0.2) is 10.7 Å². The number of hydrogen-bond acceptors (Lipinski definition) is 3. The molecule has 0 spiro atoms. The number of pyridine rings is 1. The van der Waals surface area contributed by atoms with Crippen molar-refractivity contribution in [3.05, 3.63) is 27.5 Å². The van der Waals surface area contributed by atoms with E-state index in [-0.39, 0.29) is 22.6 Å². The van der Waals surface area contributed by atoms with Crippen molar-refractivity contribution in [2.45, 2.75) is 18.7 Å². The van der Waals surface area contributed by atoms with Crippen molar-refractivity contribution in [1.29, 1.82) is 0 Å². The first-order chi connectivity index (χ1) is 7.99. The molecule has 17 heavy (non-hydrogen) atoms. The number of halogens is 4. The van der Waals surface area contributed by atoms with Crippen LogP contribution in [0, 0.1) is 0 Å². The summed E-state index contributed by atoms with van der Waals surface area (Å²) in [6.07, 6.45) is -2.74. The number of rotatable bonds is 4. The number of carbonyl (C=O) groups is 1. The van der Waals surface area contributed by atoms with Gasteiger partial charge in [-0.3, -0.25) is 4.79 Å². The van der Waals surface area contributed by atoms with Crippen LogP contribution in [-0.4, -0.2) is 18.1 Å². The Morgan fingerprint density at radius 1 is 1.65 bits per heavy atom. The minimum Gasteiger partial charge on any atom is -0.469 e. The minimum absolute atomic E-state index is 0.0210. The Morgan fingerprint density at radius 2 is 2.29 bits per heavy atom. The summed E-state index contributed by atoms with van der Waals surface area (Å²) in [6.45, 7) is 0. The second kappa shape index (κ2) is 6.26. The molecule has 0 unspecified atom stereocenters. The molecule has 94 valence electrons. The lowest BCUT2D eigenvalue weighted by atomic mass is 10.1. The molecule has 0 aliphatic carbocycles. The van der Waals surface area contributed by atoms with E-state index in [9.17, 15) is 13.6 Å². The average Bonchev–Trinajstić information content (AvgIpc) is 2.30. The molecule has 0 radical (unpaired) electrons. The molecule has 0 N–H and O–H groups in total. The molecule has 0 amide bonds. The topological polar surface area (TPSA) is 39.2 Å². The van der Waals surface area contributed by atoms with E-state index in [1.54, 1.807) is 0 Å². The van der Waals surface area contributed by atoms with Crippen LogP contribution in [0.2, 0.25) is 0 Å². The molecule has 0 aliphatic rings. The molecular weight excluding hydrogens is 319 g/mol. The van der Waals surface area contributed by atoms with Gasteiger partial charge in [-0.25, -0.2) is 13.8 Å². The van der Waals surface area contributed by atoms with Gasteiger partial charge in [-0.1, -0.05) is 0 Å². The fourth-order valence-corrected chi connectivity index (χ4v) is 2.08. The first-order valence-corrected chi connectivity index (χ1v) is 5.91. The molecule has 0 bridgehead atoms. The molecule has 0 atom stereocenters. The predicted molar refractivity (Wildman–Crippen MR) is 62.2 cm³/mol. The summed E-state index contributed by atoms with van der Waals surface area (Å²) in [4.78, 5) is 14.8. The SMILES string of the molecule is COC(=O)Cc1c(CCl)cc(C(F)F)nc1Br. The van der Waals surface area contributed by atoms with Crippen LogP contribution in [0.3, 0.4) is 0 Å². The zero-order chi connectivity index (χ0) is 13.0. The zero-order valence-corrected chi connectivity index (χ0v) is 11.2. The average molecular weight is 329 g/mol. The van der Waals surface area contributed by atoms with Crippen molar-refractivity contribution >= 4 is 33.5 Å². The number of aromatic nitrogens is 1. The molecule has 3 nitrogen and oxygen atoms in total. The van der Waals surface area contributed by atoms with Gasteiger partial charge in [0.2, 0.25) is 0 Å². The lowest BCUT2D eigenvalue weighted by Crippen LogP contribution is -2.09. The third kappa shape index (κ3) is 3.61. The van der Waals surface area contributed by atoms with Crippen LogP contribution in [-0.2, 0) is 21.8 Å². The molecule has 0 aliphatic heterocycles. The predicted octanol–water partition coefficient (Wildman–Crippen LogP) is 3.24. The summed E-state index contributed by atoms with van der Waals surface area (Å²) in [7, 11) is 1.25. The van der Waals surface area contributed by atoms with Gasteiger partial charge in [-0.2, -0.15) is 0 Å². The Morgan fingerprint density at radius 3 is 2.76 bits per heavy atom. The van der Waals surface area contributed by atoms with Gasteiger partial charge in [0.25, 0.3) is 6.43 Å². The molecule has 1 rings (SSSR count). The maximum absolute atomic E-state index is 12.5. The molecule has 0 saturated carbocycles. The Hall–Kier alpha value is -0.750. The Balaban J connectivity index is 3.16. The lowest BCUT2D eigenvalue weighted by molar-refractivity contribution is -0.139. The van der Waals surface area contributed by atoms with E-state index in [1.807, 2.05) is 0 Å². The molecular formula is C10H9BrClF2NO2. The number of ether oxygens (including phenoxy) is 1. The quantitative estimate of drug-likeness (QED) is 0.484. The summed E-state index contributed by atoms with van der Waals surface area (Å²) in [5.74, 6) is -0.462. The first kappa shape index (κ1) is 14.3. The van der Waals surface area contributed by atoms with Crippen molar-refractivity contribution in [1.82, 2.24) is 4.98 Å². The van der Waals surface area contributed by atoms with Crippen LogP contribution in [0.25, 0.3) is 0 Å². The van der Waals surface area contributed by atoms with Crippen molar-refractivity contribution in [2.24, 2.45) is 0 Å². The summed E-state index contributed by atoms with van der Waals surface area (Å²) in [5.41, 5.74) is 0.534. The summed E-state index contributed by atoms with van der Waals surface area (Å²) in [5, 5.41) is 0. The van der Waals surface area contributed by atoms with E-state index in [4.69, 9.17) is 11.6 Å². The molecule has 1 aromatic heterocycles. The molecule has 0 aromatic carbocycles. The lowest BCUT2D eigenvalue weighted by Gasteiger charge is -2.10. The maximum atomic E-state index is 12.5. The number of nitrogens with zero attached hydrogens (tertiary/aromatic N) is 1. The van der Waals surface area contributed by atoms with Crippen LogP contribution in [0.4, 0.5) is 8.78 Å². The van der Waals surface area contributed by atoms with Gasteiger partial charge in [-0.15, -0.1) is 11.6 Å². The smallest absolute Gasteiger partial charge is 0.310 e. The summed E-state index contributed by atoms with van der Waals surface area (Å²) >= 11 is 8.72. The van der Waals surface area contributed by atoms with Crippen LogP contribution < -0.4 is 0 Å². The highest BCUT2D eigenvalue weighted by Crippen LogP contribution is 2.27. The van der Waals surface area contributed by atoms with Gasteiger partial charge in [-0.05, 0) is 27.6 Å². The molecule has 0 saturated heterocycles. The monoisotopic (exact) mass is 327 g/mol. The van der Waals surface area contributed by atoms with E-state index in [0.717, 1.165) is 0 Å². The molecule has 0 fully saturated rings. The van der Waals surface area contributed by atoms with E-state index in [0.29, 0.717) is 11.1 Å². The first-order valence-electron chi connectivity index (χ1n) is 4.58. The van der Waals surface area contributed by atoms with E-state index in [2.05, 4.69) is 25.7 Å². The van der Waals surface area contributed by atoms with E-state index < -0.39 is 12.4 Å². The Kier molecular flexibility index (Phi) is 5.27. The van der Waals surface area contributed by atoms with Gasteiger partial charge in [0.1, 0.15) is 10.3 Å². The highest BCUT2D eigenvalue weighted by Gasteiger charge is 2.18. The Labute approximate surface area is 110 Å². The van der Waals surface area contributed by atoms with Crippen LogP contribution >= 0.6 is 27.5 Å². The minimum atomic E-state index is -2.68. The summed E-state index contributed by atoms with van der Waals surface area (Å²) < 4.78 is 29.7. The van der Waals surface area contributed by atoms with Gasteiger partial charge >= 0.3 is 5.97 Å².